The van der Waals surface area contributed by atoms with Crippen molar-refractivity contribution in [1.29, 1.82) is 0 Å². The lowest BCUT2D eigenvalue weighted by atomic mass is 10.0. The number of nitrogens with two attached hydrogens (primary N) is 2. The largest absolute Gasteiger partial charge is 0.508 e. The van der Waals surface area contributed by atoms with Crippen LogP contribution in [0.5, 0.6) is 5.75 Å². The van der Waals surface area contributed by atoms with Crippen molar-refractivity contribution < 1.29 is 43.4 Å². The van der Waals surface area contributed by atoms with Gasteiger partial charge in [-0.3, -0.25) is 28.8 Å². The number of carbonyl (C=O) groups excluding carboxylic acids is 7. The fourth-order valence-corrected chi connectivity index (χ4v) is 5.20. The number of benzene rings is 1. The normalized spacial score (nSPS) is 23.7. The minimum atomic E-state index is -1.59. The predicted octanol–water partition coefficient (Wildman–Crippen LogP) is 0.883. The molecule has 2 unspecified atom stereocenters. The van der Waals surface area contributed by atoms with Crippen LogP contribution in [-0.2, 0) is 38.3 Å². The molecule has 1 fully saturated rings. The van der Waals surface area contributed by atoms with Gasteiger partial charge in [0.25, 0.3) is 0 Å². The monoisotopic (exact) mass is 763 g/mol. The van der Waals surface area contributed by atoms with Crippen molar-refractivity contribution in [3.63, 3.8) is 0 Å². The molecule has 1 heterocycles. The third-order valence-corrected chi connectivity index (χ3v) is 8.02. The first kappa shape index (κ1) is 45.0. The number of amides is 6. The summed E-state index contributed by atoms with van der Waals surface area (Å²) in [5.41, 5.74) is 11.6. The van der Waals surface area contributed by atoms with Gasteiger partial charge in [0, 0.05) is 0 Å². The minimum Gasteiger partial charge on any atom is -0.508 e. The summed E-state index contributed by atoms with van der Waals surface area (Å²) in [5, 5.41) is 22.2. The first-order chi connectivity index (χ1) is 26.0. The van der Waals surface area contributed by atoms with Crippen LogP contribution >= 0.6 is 0 Å². The van der Waals surface area contributed by atoms with Crippen molar-refractivity contribution in [3.8, 4) is 5.75 Å². The third-order valence-electron chi connectivity index (χ3n) is 8.02. The molecule has 0 aliphatic carbocycles. The van der Waals surface area contributed by atoms with Gasteiger partial charge in [0.2, 0.25) is 35.4 Å². The van der Waals surface area contributed by atoms with Crippen LogP contribution in [-0.4, -0.2) is 82.8 Å². The average Bonchev–Trinajstić information content (AvgIpc) is 3.09. The number of aromatic hydroxyl groups is 1. The molecule has 16 heteroatoms. The van der Waals surface area contributed by atoms with Gasteiger partial charge in [0.05, 0.1) is 12.8 Å². The summed E-state index contributed by atoms with van der Waals surface area (Å²) < 4.78 is 5.70. The molecule has 16 nitrogen and oxygen atoms in total. The lowest BCUT2D eigenvalue weighted by Crippen LogP contribution is -2.62. The zero-order valence-electron chi connectivity index (χ0n) is 31.7. The number of hydrogen-bond donors (Lipinski definition) is 8. The fraction of sp³-hybridized carbons (Fsp3) is 0.410. The topological polar surface area (TPSA) is 261 Å². The SMILES string of the molecule is CC(C)CC1NC(=O)[C@H](CC(N)=O)NC(=O)C(CC(N)=O)NC(=O)[C@H](C(C)C)NC(=O)[C@@H](N/C=C/C=C/C=C/C=C/C=C/c2ccc(O)cc2)[C@@H](C)OC1=O. The number of hydrogen-bond acceptors (Lipinski definition) is 10. The van der Waals surface area contributed by atoms with Crippen LogP contribution in [0.4, 0.5) is 0 Å². The van der Waals surface area contributed by atoms with E-state index in [4.69, 9.17) is 16.2 Å². The van der Waals surface area contributed by atoms with Gasteiger partial charge in [0.1, 0.15) is 42.1 Å². The number of carbonyl (C=O) groups is 7. The highest BCUT2D eigenvalue weighted by Crippen LogP contribution is 2.13. The fourth-order valence-electron chi connectivity index (χ4n) is 5.20. The Kier molecular flexibility index (Phi) is 18.6. The van der Waals surface area contributed by atoms with Crippen molar-refractivity contribution >= 4 is 47.5 Å². The maximum Gasteiger partial charge on any atom is 0.328 e. The van der Waals surface area contributed by atoms with E-state index >= 15 is 0 Å². The highest BCUT2D eigenvalue weighted by Gasteiger charge is 2.37. The molecular weight excluding hydrogens is 710 g/mol. The molecule has 0 bridgehead atoms. The summed E-state index contributed by atoms with van der Waals surface area (Å²) in [6.45, 7) is 8.34. The van der Waals surface area contributed by atoms with Gasteiger partial charge in [-0.15, -0.1) is 0 Å². The second kappa shape index (κ2) is 22.8. The Morgan fingerprint density at radius 3 is 1.73 bits per heavy atom. The molecule has 1 aliphatic heterocycles. The van der Waals surface area contributed by atoms with Gasteiger partial charge in [-0.05, 0) is 55.2 Å². The molecule has 1 saturated heterocycles. The number of phenols is 1. The highest BCUT2D eigenvalue weighted by atomic mass is 16.5. The van der Waals surface area contributed by atoms with Crippen molar-refractivity contribution in [2.75, 3.05) is 0 Å². The minimum absolute atomic E-state index is 0.0940. The number of cyclic esters (lactones) is 1. The smallest absolute Gasteiger partial charge is 0.328 e. The number of nitrogens with one attached hydrogen (secondary N) is 5. The summed E-state index contributed by atoms with van der Waals surface area (Å²) in [6, 6.07) is -0.155. The Hall–Kier alpha value is -6.19. The Labute approximate surface area is 320 Å². The van der Waals surface area contributed by atoms with Crippen LogP contribution < -0.4 is 38.1 Å². The molecule has 6 amide bonds. The number of primary amides is 2. The van der Waals surface area contributed by atoms with E-state index in [1.165, 1.54) is 13.1 Å². The van der Waals surface area contributed by atoms with Crippen molar-refractivity contribution in [1.82, 2.24) is 26.6 Å². The lowest BCUT2D eigenvalue weighted by molar-refractivity contribution is -0.155. The summed E-state index contributed by atoms with van der Waals surface area (Å²) in [4.78, 5) is 91.3. The molecule has 0 aromatic heterocycles. The van der Waals surface area contributed by atoms with E-state index in [1.54, 1.807) is 82.3 Å². The van der Waals surface area contributed by atoms with Gasteiger partial charge in [-0.25, -0.2) is 4.79 Å². The van der Waals surface area contributed by atoms with Crippen molar-refractivity contribution in [2.24, 2.45) is 23.3 Å². The predicted molar refractivity (Wildman–Crippen MR) is 206 cm³/mol. The quantitative estimate of drug-likeness (QED) is 0.0980. The van der Waals surface area contributed by atoms with Crippen molar-refractivity contribution in [2.45, 2.75) is 90.2 Å². The van der Waals surface area contributed by atoms with Gasteiger partial charge in [0.15, 0.2) is 0 Å². The zero-order chi connectivity index (χ0) is 41.1. The molecule has 298 valence electrons. The van der Waals surface area contributed by atoms with Gasteiger partial charge < -0.3 is 47.9 Å². The molecule has 0 radical (unpaired) electrons. The summed E-state index contributed by atoms with van der Waals surface area (Å²) in [5.74, 6) is -6.84. The Balaban J connectivity index is 2.38. The van der Waals surface area contributed by atoms with Crippen LogP contribution in [0.15, 0.2) is 79.1 Å². The van der Waals surface area contributed by atoms with Crippen LogP contribution in [0, 0.1) is 11.8 Å². The van der Waals surface area contributed by atoms with Crippen LogP contribution in [0.25, 0.3) is 6.08 Å². The highest BCUT2D eigenvalue weighted by molar-refractivity contribution is 5.98. The van der Waals surface area contributed by atoms with Crippen LogP contribution in [0.3, 0.4) is 0 Å². The molecule has 1 aromatic carbocycles. The summed E-state index contributed by atoms with van der Waals surface area (Å²) in [7, 11) is 0. The molecule has 0 saturated carbocycles. The van der Waals surface area contributed by atoms with Crippen LogP contribution in [0.2, 0.25) is 0 Å². The molecule has 55 heavy (non-hydrogen) atoms. The van der Waals surface area contributed by atoms with Gasteiger partial charge in [-0.1, -0.05) is 88.4 Å². The second-order valence-corrected chi connectivity index (χ2v) is 13.6. The maximum absolute atomic E-state index is 13.8. The van der Waals surface area contributed by atoms with E-state index in [0.29, 0.717) is 0 Å². The molecule has 2 rings (SSSR count). The third kappa shape index (κ3) is 16.6. The Bertz CT molecular complexity index is 1670. The Morgan fingerprint density at radius 1 is 0.727 bits per heavy atom. The van der Waals surface area contributed by atoms with E-state index in [1.807, 2.05) is 24.3 Å². The van der Waals surface area contributed by atoms with Gasteiger partial charge in [-0.2, -0.15) is 0 Å². The first-order valence-electron chi connectivity index (χ1n) is 17.8. The van der Waals surface area contributed by atoms with Crippen molar-refractivity contribution in [3.05, 3.63) is 84.6 Å². The van der Waals surface area contributed by atoms with E-state index < -0.39 is 96.5 Å². The second-order valence-electron chi connectivity index (χ2n) is 13.6. The first-order valence-corrected chi connectivity index (χ1v) is 17.8. The number of phenolic OH excluding ortho intramolecular Hbond substituents is 1. The van der Waals surface area contributed by atoms with E-state index in [-0.39, 0.29) is 18.1 Å². The standard InChI is InChI=1S/C39H53N7O9/c1-23(2)20-30-39(54)55-25(5)34(42-19-13-11-9-7-6-8-10-12-14-26-15-17-27(47)18-16-26)38(53)46-33(24(3)4)37(52)44-29(22-32(41)49)35(50)43-28(21-31(40)48)36(51)45-30/h6-19,23-25,28-30,33-34,42,47H,20-22H2,1-5H3,(H2,40,48)(H2,41,49)(H,43,50)(H,44,52)(H,45,51)(H,46,53)/b7-6+,10-8+,11-9+,14-12+,19-13+/t25-,28+,29?,30?,33+,34+/m1/s1. The zero-order valence-corrected chi connectivity index (χ0v) is 31.7. The maximum atomic E-state index is 13.8. The van der Waals surface area contributed by atoms with Gasteiger partial charge >= 0.3 is 5.97 Å². The van der Waals surface area contributed by atoms with E-state index in [9.17, 15) is 38.7 Å². The number of rotatable bonds is 14. The molecule has 1 aromatic rings. The molecule has 6 atom stereocenters. The average molecular weight is 764 g/mol. The summed E-state index contributed by atoms with van der Waals surface area (Å²) in [6.07, 6.45) is 15.0. The summed E-state index contributed by atoms with van der Waals surface area (Å²) >= 11 is 0. The lowest BCUT2D eigenvalue weighted by Gasteiger charge is -2.31. The molecule has 0 spiro atoms. The molecule has 1 aliphatic rings. The molecular formula is C39H53N7O9. The number of ether oxygens (including phenoxy) is 1. The van der Waals surface area contributed by atoms with E-state index in [2.05, 4.69) is 26.6 Å². The number of allylic oxidation sites excluding steroid dienone is 8. The number of esters is 1. The molecule has 10 N–H and O–H groups in total. The van der Waals surface area contributed by atoms with Crippen LogP contribution in [0.1, 0.15) is 59.4 Å². The van der Waals surface area contributed by atoms with E-state index in [0.717, 1.165) is 5.56 Å². The Morgan fingerprint density at radius 2 is 1.22 bits per heavy atom.